The SMILES string of the molecule is N/C(=N/O)c1ccc(OCCCc2ccncc2)cn1. The second-order valence-electron chi connectivity index (χ2n) is 4.17. The van der Waals surface area contributed by atoms with E-state index in [0.717, 1.165) is 12.8 Å². The number of aryl methyl sites for hydroxylation is 1. The van der Waals surface area contributed by atoms with E-state index in [1.165, 1.54) is 5.56 Å². The molecule has 0 aliphatic heterocycles. The normalized spacial score (nSPS) is 11.3. The largest absolute Gasteiger partial charge is 0.492 e. The molecule has 0 radical (unpaired) electrons. The molecule has 0 saturated carbocycles. The lowest BCUT2D eigenvalue weighted by Gasteiger charge is -2.06. The van der Waals surface area contributed by atoms with Crippen LogP contribution in [0.15, 0.2) is 48.0 Å². The van der Waals surface area contributed by atoms with Gasteiger partial charge in [0.15, 0.2) is 5.84 Å². The highest BCUT2D eigenvalue weighted by Gasteiger charge is 2.01. The van der Waals surface area contributed by atoms with Crippen molar-refractivity contribution in [1.29, 1.82) is 0 Å². The number of ether oxygens (including phenoxy) is 1. The lowest BCUT2D eigenvalue weighted by Crippen LogP contribution is -2.14. The van der Waals surface area contributed by atoms with E-state index >= 15 is 0 Å². The van der Waals surface area contributed by atoms with Crippen molar-refractivity contribution in [1.82, 2.24) is 9.97 Å². The van der Waals surface area contributed by atoms with Crippen LogP contribution in [0.4, 0.5) is 0 Å². The van der Waals surface area contributed by atoms with Gasteiger partial charge in [-0.2, -0.15) is 0 Å². The summed E-state index contributed by atoms with van der Waals surface area (Å²) in [6.45, 7) is 0.604. The Morgan fingerprint density at radius 3 is 2.70 bits per heavy atom. The van der Waals surface area contributed by atoms with E-state index in [4.69, 9.17) is 15.7 Å². The molecule has 6 heteroatoms. The molecule has 2 aromatic heterocycles. The highest BCUT2D eigenvalue weighted by atomic mass is 16.5. The van der Waals surface area contributed by atoms with Crippen LogP contribution in [0, 0.1) is 0 Å². The van der Waals surface area contributed by atoms with Gasteiger partial charge in [-0.25, -0.2) is 4.98 Å². The van der Waals surface area contributed by atoms with Gasteiger partial charge in [-0.15, -0.1) is 0 Å². The number of pyridine rings is 2. The van der Waals surface area contributed by atoms with Crippen LogP contribution in [0.1, 0.15) is 17.7 Å². The van der Waals surface area contributed by atoms with E-state index in [9.17, 15) is 0 Å². The first-order valence-electron chi connectivity index (χ1n) is 6.25. The molecule has 2 heterocycles. The van der Waals surface area contributed by atoms with Crippen molar-refractivity contribution in [2.45, 2.75) is 12.8 Å². The molecule has 104 valence electrons. The Hall–Kier alpha value is -2.63. The summed E-state index contributed by atoms with van der Waals surface area (Å²) in [7, 11) is 0. The molecule has 3 N–H and O–H groups in total. The molecule has 2 aromatic rings. The number of hydrogen-bond acceptors (Lipinski definition) is 5. The van der Waals surface area contributed by atoms with Gasteiger partial charge in [-0.05, 0) is 42.7 Å². The Labute approximate surface area is 116 Å². The predicted octanol–water partition coefficient (Wildman–Crippen LogP) is 1.58. The average Bonchev–Trinajstić information content (AvgIpc) is 2.52. The van der Waals surface area contributed by atoms with Crippen LogP contribution in [-0.2, 0) is 6.42 Å². The maximum Gasteiger partial charge on any atom is 0.188 e. The maximum atomic E-state index is 8.53. The fourth-order valence-electron chi connectivity index (χ4n) is 1.68. The number of nitrogens with two attached hydrogens (primary N) is 1. The summed E-state index contributed by atoms with van der Waals surface area (Å²) < 4.78 is 5.57. The van der Waals surface area contributed by atoms with Gasteiger partial charge in [0.05, 0.1) is 12.8 Å². The molecule has 6 nitrogen and oxygen atoms in total. The molecule has 0 bridgehead atoms. The topological polar surface area (TPSA) is 93.6 Å². The van der Waals surface area contributed by atoms with E-state index in [1.807, 2.05) is 12.1 Å². The van der Waals surface area contributed by atoms with Crippen LogP contribution in [0.3, 0.4) is 0 Å². The van der Waals surface area contributed by atoms with Crippen LogP contribution in [0.25, 0.3) is 0 Å². The average molecular weight is 272 g/mol. The van der Waals surface area contributed by atoms with E-state index in [1.54, 1.807) is 30.7 Å². The molecule has 0 amide bonds. The number of amidine groups is 1. The van der Waals surface area contributed by atoms with Crippen LogP contribution in [0.2, 0.25) is 0 Å². The quantitative estimate of drug-likeness (QED) is 0.274. The summed E-state index contributed by atoms with van der Waals surface area (Å²) in [6.07, 6.45) is 6.97. The molecule has 0 aliphatic carbocycles. The van der Waals surface area contributed by atoms with Crippen molar-refractivity contribution >= 4 is 5.84 Å². The molecule has 0 atom stereocenters. The number of hydrogen-bond donors (Lipinski definition) is 2. The first-order valence-corrected chi connectivity index (χ1v) is 6.25. The van der Waals surface area contributed by atoms with Crippen LogP contribution in [0.5, 0.6) is 5.75 Å². The van der Waals surface area contributed by atoms with Gasteiger partial charge in [0.1, 0.15) is 11.4 Å². The van der Waals surface area contributed by atoms with Crippen molar-refractivity contribution in [2.24, 2.45) is 10.9 Å². The van der Waals surface area contributed by atoms with Crippen LogP contribution >= 0.6 is 0 Å². The van der Waals surface area contributed by atoms with Crippen molar-refractivity contribution in [3.05, 3.63) is 54.1 Å². The molecule has 0 aromatic carbocycles. The fraction of sp³-hybridized carbons (Fsp3) is 0.214. The number of nitrogens with zero attached hydrogens (tertiary/aromatic N) is 3. The zero-order valence-electron chi connectivity index (χ0n) is 10.9. The van der Waals surface area contributed by atoms with Gasteiger partial charge in [0, 0.05) is 12.4 Å². The molecule has 20 heavy (non-hydrogen) atoms. The first-order chi connectivity index (χ1) is 9.79. The van der Waals surface area contributed by atoms with Crippen molar-refractivity contribution in [3.63, 3.8) is 0 Å². The summed E-state index contributed by atoms with van der Waals surface area (Å²) in [5.74, 6) is 0.642. The smallest absolute Gasteiger partial charge is 0.188 e. The zero-order valence-corrected chi connectivity index (χ0v) is 10.9. The number of oxime groups is 1. The van der Waals surface area contributed by atoms with Crippen molar-refractivity contribution in [3.8, 4) is 5.75 Å². The fourth-order valence-corrected chi connectivity index (χ4v) is 1.68. The third-order valence-corrected chi connectivity index (χ3v) is 2.73. The number of aromatic nitrogens is 2. The highest BCUT2D eigenvalue weighted by Crippen LogP contribution is 2.10. The van der Waals surface area contributed by atoms with Gasteiger partial charge < -0.3 is 15.7 Å². The molecular formula is C14H16N4O2. The molecule has 0 fully saturated rings. The standard InChI is InChI=1S/C14H16N4O2/c15-14(18-19)13-4-3-12(10-17-13)20-9-1-2-11-5-7-16-8-6-11/h3-8,10,19H,1-2,9H2,(H2,15,18). The highest BCUT2D eigenvalue weighted by molar-refractivity contribution is 5.95. The Morgan fingerprint density at radius 2 is 2.05 bits per heavy atom. The summed E-state index contributed by atoms with van der Waals surface area (Å²) in [5.41, 5.74) is 7.08. The lowest BCUT2D eigenvalue weighted by molar-refractivity contribution is 0.309. The van der Waals surface area contributed by atoms with Crippen LogP contribution in [-0.4, -0.2) is 27.6 Å². The van der Waals surface area contributed by atoms with Gasteiger partial charge in [0.2, 0.25) is 0 Å². The Balaban J connectivity index is 1.77. The minimum Gasteiger partial charge on any atom is -0.492 e. The molecule has 2 rings (SSSR count). The summed E-state index contributed by atoms with van der Waals surface area (Å²) in [5, 5.41) is 11.4. The summed E-state index contributed by atoms with van der Waals surface area (Å²) in [4.78, 5) is 8.01. The van der Waals surface area contributed by atoms with Gasteiger partial charge in [-0.1, -0.05) is 5.16 Å². The van der Waals surface area contributed by atoms with Gasteiger partial charge >= 0.3 is 0 Å². The maximum absolute atomic E-state index is 8.53. The Bertz CT molecular complexity index is 555. The van der Waals surface area contributed by atoms with Crippen molar-refractivity contribution < 1.29 is 9.94 Å². The summed E-state index contributed by atoms with van der Waals surface area (Å²) in [6, 6.07) is 7.38. The van der Waals surface area contributed by atoms with E-state index in [-0.39, 0.29) is 5.84 Å². The van der Waals surface area contributed by atoms with Crippen molar-refractivity contribution in [2.75, 3.05) is 6.61 Å². The molecule has 0 aliphatic rings. The minimum absolute atomic E-state index is 0.0192. The van der Waals surface area contributed by atoms with Gasteiger partial charge in [-0.3, -0.25) is 4.98 Å². The minimum atomic E-state index is -0.0192. The Morgan fingerprint density at radius 1 is 1.25 bits per heavy atom. The summed E-state index contributed by atoms with van der Waals surface area (Å²) >= 11 is 0. The molecule has 0 spiro atoms. The van der Waals surface area contributed by atoms with Crippen LogP contribution < -0.4 is 10.5 Å². The van der Waals surface area contributed by atoms with E-state index in [2.05, 4.69) is 15.1 Å². The number of rotatable bonds is 6. The lowest BCUT2D eigenvalue weighted by atomic mass is 10.1. The third-order valence-electron chi connectivity index (χ3n) is 2.73. The van der Waals surface area contributed by atoms with E-state index < -0.39 is 0 Å². The zero-order chi connectivity index (χ0) is 14.2. The molecular weight excluding hydrogens is 256 g/mol. The van der Waals surface area contributed by atoms with E-state index in [0.29, 0.717) is 18.1 Å². The Kier molecular flexibility index (Phi) is 4.88. The second-order valence-corrected chi connectivity index (χ2v) is 4.17. The first kappa shape index (κ1) is 13.8. The molecule has 0 unspecified atom stereocenters. The molecule has 0 saturated heterocycles. The third kappa shape index (κ3) is 3.94. The van der Waals surface area contributed by atoms with Gasteiger partial charge in [0.25, 0.3) is 0 Å². The second kappa shape index (κ2) is 7.08. The monoisotopic (exact) mass is 272 g/mol. The predicted molar refractivity (Wildman–Crippen MR) is 74.8 cm³/mol.